The summed E-state index contributed by atoms with van der Waals surface area (Å²) >= 11 is 0. The average Bonchev–Trinajstić information content (AvgIpc) is 2.59. The summed E-state index contributed by atoms with van der Waals surface area (Å²) in [5.74, 6) is -1.83. The van der Waals surface area contributed by atoms with Gasteiger partial charge in [-0.1, -0.05) is 38.3 Å². The molecule has 0 heterocycles. The molecule has 0 saturated carbocycles. The number of aromatic hydroxyl groups is 1. The molecule has 0 amide bonds. The maximum Gasteiger partial charge on any atom is 0.194 e. The zero-order valence-corrected chi connectivity index (χ0v) is 16.6. The van der Waals surface area contributed by atoms with Crippen LogP contribution >= 0.6 is 0 Å². The SMILES string of the molecule is C=C/C(=C\N=C(C)C(C)(N)F)[C@@H](CC)NC(=C)c1cc(O)cc(C(=C)C)c1. The van der Waals surface area contributed by atoms with Gasteiger partial charge < -0.3 is 10.4 Å². The lowest BCUT2D eigenvalue weighted by molar-refractivity contribution is 0.294. The van der Waals surface area contributed by atoms with Gasteiger partial charge in [-0.15, -0.1) is 0 Å². The number of phenols is 1. The van der Waals surface area contributed by atoms with Crippen molar-refractivity contribution in [3.05, 3.63) is 66.9 Å². The number of alkyl halides is 1. The average molecular weight is 372 g/mol. The Hall–Kier alpha value is -2.66. The molecule has 0 aliphatic carbocycles. The fourth-order valence-corrected chi connectivity index (χ4v) is 2.33. The van der Waals surface area contributed by atoms with Crippen LogP contribution in [-0.4, -0.2) is 22.7 Å². The van der Waals surface area contributed by atoms with E-state index in [9.17, 15) is 9.50 Å². The van der Waals surface area contributed by atoms with Crippen molar-refractivity contribution in [1.82, 2.24) is 5.32 Å². The Bertz CT molecular complexity index is 785. The minimum atomic E-state index is -1.97. The number of rotatable bonds is 9. The molecule has 27 heavy (non-hydrogen) atoms. The van der Waals surface area contributed by atoms with Crippen molar-refractivity contribution < 1.29 is 9.50 Å². The fourth-order valence-electron chi connectivity index (χ4n) is 2.33. The Labute approximate surface area is 161 Å². The van der Waals surface area contributed by atoms with Crippen LogP contribution in [0.15, 0.2) is 60.8 Å². The Morgan fingerprint density at radius 2 is 1.93 bits per heavy atom. The van der Waals surface area contributed by atoms with Crippen molar-refractivity contribution in [2.75, 3.05) is 0 Å². The topological polar surface area (TPSA) is 70.6 Å². The number of benzene rings is 1. The molecule has 2 atom stereocenters. The molecule has 0 aliphatic heterocycles. The van der Waals surface area contributed by atoms with Crippen molar-refractivity contribution >= 4 is 17.0 Å². The fraction of sp³-hybridized carbons (Fsp3) is 0.318. The van der Waals surface area contributed by atoms with E-state index in [2.05, 4.69) is 30.0 Å². The number of nitrogens with two attached hydrogens (primary N) is 1. The largest absolute Gasteiger partial charge is 0.508 e. The van der Waals surface area contributed by atoms with Crippen LogP contribution in [-0.2, 0) is 0 Å². The number of halogens is 1. The second-order valence-corrected chi connectivity index (χ2v) is 6.76. The van der Waals surface area contributed by atoms with Gasteiger partial charge in [-0.05, 0) is 56.5 Å². The summed E-state index contributed by atoms with van der Waals surface area (Å²) in [4.78, 5) is 4.13. The minimum Gasteiger partial charge on any atom is -0.508 e. The van der Waals surface area contributed by atoms with E-state index in [1.165, 1.54) is 13.8 Å². The number of allylic oxidation sites excluding steroid dienone is 1. The summed E-state index contributed by atoms with van der Waals surface area (Å²) in [5.41, 5.74) is 9.45. The number of aliphatic imine (C=N–C) groups is 1. The van der Waals surface area contributed by atoms with Gasteiger partial charge in [0.1, 0.15) is 5.75 Å². The Morgan fingerprint density at radius 1 is 1.33 bits per heavy atom. The van der Waals surface area contributed by atoms with Crippen LogP contribution in [0.2, 0.25) is 0 Å². The minimum absolute atomic E-state index is 0.134. The monoisotopic (exact) mass is 371 g/mol. The predicted octanol–water partition coefficient (Wildman–Crippen LogP) is 4.94. The summed E-state index contributed by atoms with van der Waals surface area (Å²) in [6.07, 6.45) is 3.95. The highest BCUT2D eigenvalue weighted by Crippen LogP contribution is 2.25. The molecule has 5 heteroatoms. The maximum absolute atomic E-state index is 13.7. The molecule has 1 aromatic rings. The Morgan fingerprint density at radius 3 is 2.41 bits per heavy atom. The molecule has 4 N–H and O–H groups in total. The summed E-state index contributed by atoms with van der Waals surface area (Å²) in [6.45, 7) is 18.5. The number of phenolic OH excluding ortho intramolecular Hbond substituents is 1. The molecule has 0 saturated heterocycles. The maximum atomic E-state index is 13.7. The third kappa shape index (κ3) is 6.53. The normalized spacial score (nSPS) is 15.6. The van der Waals surface area contributed by atoms with Gasteiger partial charge in [0.25, 0.3) is 0 Å². The van der Waals surface area contributed by atoms with Crippen molar-refractivity contribution in [2.24, 2.45) is 10.7 Å². The van der Waals surface area contributed by atoms with E-state index in [1.54, 1.807) is 24.4 Å². The molecule has 0 aliphatic rings. The molecule has 4 nitrogen and oxygen atoms in total. The summed E-state index contributed by atoms with van der Waals surface area (Å²) < 4.78 is 13.7. The zero-order chi connectivity index (χ0) is 20.8. The van der Waals surface area contributed by atoms with Crippen LogP contribution in [0.5, 0.6) is 5.75 Å². The van der Waals surface area contributed by atoms with E-state index in [0.717, 1.165) is 28.7 Å². The van der Waals surface area contributed by atoms with E-state index in [1.807, 2.05) is 19.9 Å². The van der Waals surface area contributed by atoms with E-state index in [0.29, 0.717) is 5.70 Å². The van der Waals surface area contributed by atoms with Gasteiger partial charge in [0, 0.05) is 17.5 Å². The van der Waals surface area contributed by atoms with Crippen molar-refractivity contribution in [1.29, 1.82) is 0 Å². The summed E-state index contributed by atoms with van der Waals surface area (Å²) in [7, 11) is 0. The van der Waals surface area contributed by atoms with Gasteiger partial charge >= 0.3 is 0 Å². The van der Waals surface area contributed by atoms with E-state index in [4.69, 9.17) is 5.73 Å². The van der Waals surface area contributed by atoms with Crippen molar-refractivity contribution in [3.8, 4) is 5.75 Å². The van der Waals surface area contributed by atoms with Gasteiger partial charge in [-0.2, -0.15) is 0 Å². The van der Waals surface area contributed by atoms with Crippen molar-refractivity contribution in [2.45, 2.75) is 46.0 Å². The van der Waals surface area contributed by atoms with Gasteiger partial charge in [0.05, 0.1) is 11.8 Å². The molecular weight excluding hydrogens is 341 g/mol. The second kappa shape index (κ2) is 9.33. The first-order chi connectivity index (χ1) is 12.5. The standard InChI is InChI=1S/C22H30FN3O/c1-8-17(13-25-16(6)22(7,23)24)21(9-2)26-15(5)19-10-18(14(3)4)11-20(27)12-19/h8,10-13,21,26-27H,1,3,5,9,24H2,2,4,6-7H3/b17-13+,25-16?/t21-,22?/m1/s1. The molecular formula is C22H30FN3O. The lowest BCUT2D eigenvalue weighted by Crippen LogP contribution is -2.38. The quantitative estimate of drug-likeness (QED) is 0.327. The Balaban J connectivity index is 3.11. The highest BCUT2D eigenvalue weighted by Gasteiger charge is 2.20. The van der Waals surface area contributed by atoms with Gasteiger partial charge in [-0.25, -0.2) is 4.39 Å². The zero-order valence-electron chi connectivity index (χ0n) is 16.6. The predicted molar refractivity (Wildman–Crippen MR) is 114 cm³/mol. The summed E-state index contributed by atoms with van der Waals surface area (Å²) in [6, 6.07) is 5.07. The van der Waals surface area contributed by atoms with Crippen LogP contribution in [0.4, 0.5) is 4.39 Å². The van der Waals surface area contributed by atoms with E-state index < -0.39 is 5.79 Å². The third-order valence-corrected chi connectivity index (χ3v) is 4.27. The second-order valence-electron chi connectivity index (χ2n) is 6.76. The van der Waals surface area contributed by atoms with E-state index >= 15 is 0 Å². The molecule has 0 aromatic heterocycles. The molecule has 1 aromatic carbocycles. The van der Waals surface area contributed by atoms with Gasteiger partial charge in [0.2, 0.25) is 0 Å². The lowest BCUT2D eigenvalue weighted by Gasteiger charge is -2.22. The highest BCUT2D eigenvalue weighted by atomic mass is 19.1. The highest BCUT2D eigenvalue weighted by molar-refractivity contribution is 5.89. The van der Waals surface area contributed by atoms with Crippen LogP contribution in [0.25, 0.3) is 11.3 Å². The summed E-state index contributed by atoms with van der Waals surface area (Å²) in [5, 5.41) is 13.3. The van der Waals surface area contributed by atoms with E-state index in [-0.39, 0.29) is 17.5 Å². The molecule has 0 radical (unpaired) electrons. The molecule has 0 fully saturated rings. The van der Waals surface area contributed by atoms with Crippen LogP contribution in [0.3, 0.4) is 0 Å². The number of hydrogen-bond acceptors (Lipinski definition) is 4. The Kier molecular flexibility index (Phi) is 7.73. The molecule has 1 rings (SSSR count). The first-order valence-corrected chi connectivity index (χ1v) is 8.80. The van der Waals surface area contributed by atoms with Crippen LogP contribution < -0.4 is 11.1 Å². The number of nitrogens with one attached hydrogen (secondary N) is 1. The molecule has 0 bridgehead atoms. The van der Waals surface area contributed by atoms with Gasteiger partial charge in [-0.3, -0.25) is 10.7 Å². The van der Waals surface area contributed by atoms with Crippen LogP contribution in [0.1, 0.15) is 45.2 Å². The van der Waals surface area contributed by atoms with Gasteiger partial charge in [0.15, 0.2) is 5.79 Å². The number of hydrogen-bond donors (Lipinski definition) is 3. The van der Waals surface area contributed by atoms with Crippen LogP contribution in [0, 0.1) is 0 Å². The molecule has 1 unspecified atom stereocenters. The smallest absolute Gasteiger partial charge is 0.194 e. The molecule has 0 spiro atoms. The molecule has 146 valence electrons. The first-order valence-electron chi connectivity index (χ1n) is 8.80. The number of nitrogens with zero attached hydrogens (tertiary/aromatic N) is 1. The van der Waals surface area contributed by atoms with Crippen molar-refractivity contribution in [3.63, 3.8) is 0 Å². The first kappa shape index (κ1) is 22.4. The third-order valence-electron chi connectivity index (χ3n) is 4.27. The lowest BCUT2D eigenvalue weighted by atomic mass is 10.0.